The summed E-state index contributed by atoms with van der Waals surface area (Å²) >= 11 is 1.29. The highest BCUT2D eigenvalue weighted by atomic mass is 32.1. The molecule has 2 atom stereocenters. The second-order valence-electron chi connectivity index (χ2n) is 11.1. The number of carbonyl (C=O) groups is 1. The third kappa shape index (κ3) is 5.13. The van der Waals surface area contributed by atoms with Gasteiger partial charge in [0.15, 0.2) is 23.4 Å². The zero-order valence-corrected chi connectivity index (χ0v) is 23.1. The van der Waals surface area contributed by atoms with Gasteiger partial charge in [-0.2, -0.15) is 0 Å². The molecular formula is C29H27F4N3O5S. The zero-order chi connectivity index (χ0) is 29.2. The molecule has 42 heavy (non-hydrogen) atoms. The minimum atomic E-state index is -4.82. The van der Waals surface area contributed by atoms with E-state index in [1.54, 1.807) is 17.0 Å². The number of alkyl halides is 3. The van der Waals surface area contributed by atoms with Gasteiger partial charge in [-0.05, 0) is 62.8 Å². The molecule has 13 heteroatoms. The number of anilines is 2. The number of nitrogens with zero attached hydrogens (tertiary/aromatic N) is 3. The molecule has 4 heterocycles. The Bertz CT molecular complexity index is 1560. The van der Waals surface area contributed by atoms with E-state index >= 15 is 0 Å². The topological polar surface area (TPSA) is 84.4 Å². The smallest absolute Gasteiger partial charge is 0.478 e. The summed E-state index contributed by atoms with van der Waals surface area (Å²) in [4.78, 5) is 19.8. The molecule has 3 aromatic rings. The number of fused-ring (bicyclic) bond motifs is 3. The van der Waals surface area contributed by atoms with E-state index in [-0.39, 0.29) is 60.0 Å². The number of halogens is 4. The maximum Gasteiger partial charge on any atom is 0.573 e. The van der Waals surface area contributed by atoms with E-state index in [1.165, 1.54) is 29.5 Å². The number of hydrogen-bond acceptors (Lipinski definition) is 8. The van der Waals surface area contributed by atoms with Crippen LogP contribution in [0.3, 0.4) is 0 Å². The van der Waals surface area contributed by atoms with Crippen molar-refractivity contribution in [2.24, 2.45) is 5.92 Å². The highest BCUT2D eigenvalue weighted by Crippen LogP contribution is 2.46. The highest BCUT2D eigenvalue weighted by Gasteiger charge is 2.44. The van der Waals surface area contributed by atoms with Gasteiger partial charge in [-0.1, -0.05) is 23.5 Å². The number of aromatic nitrogens is 1. The predicted molar refractivity (Wildman–Crippen MR) is 146 cm³/mol. The first-order chi connectivity index (χ1) is 20.1. The second-order valence-corrected chi connectivity index (χ2v) is 12.1. The van der Waals surface area contributed by atoms with Crippen molar-refractivity contribution in [1.82, 2.24) is 4.98 Å². The molecule has 8 nitrogen and oxygen atoms in total. The molecule has 3 aliphatic heterocycles. The number of carboxylic acids is 1. The quantitative estimate of drug-likeness (QED) is 0.285. The monoisotopic (exact) mass is 605 g/mol. The number of rotatable bonds is 8. The number of piperidine rings is 1. The van der Waals surface area contributed by atoms with Crippen LogP contribution in [0.1, 0.15) is 48.9 Å². The van der Waals surface area contributed by atoms with Crippen molar-refractivity contribution in [2.75, 3.05) is 23.1 Å². The summed E-state index contributed by atoms with van der Waals surface area (Å²) in [7, 11) is 0. The normalized spacial score (nSPS) is 24.0. The van der Waals surface area contributed by atoms with Crippen LogP contribution in [-0.2, 0) is 9.47 Å². The summed E-state index contributed by atoms with van der Waals surface area (Å²) in [5, 5.41) is 9.97. The molecule has 7 rings (SSSR count). The number of benzene rings is 2. The van der Waals surface area contributed by atoms with Gasteiger partial charge in [-0.3, -0.25) is 0 Å². The third-order valence-corrected chi connectivity index (χ3v) is 9.36. The Labute approximate surface area is 242 Å². The fourth-order valence-corrected chi connectivity index (χ4v) is 7.53. The molecule has 1 N–H and O–H groups in total. The average Bonchev–Trinajstić information content (AvgIpc) is 3.45. The van der Waals surface area contributed by atoms with Gasteiger partial charge in [-0.15, -0.1) is 13.2 Å². The molecule has 1 aliphatic carbocycles. The summed E-state index contributed by atoms with van der Waals surface area (Å²) in [6, 6.07) is 8.75. The molecule has 4 aliphatic rings. The van der Waals surface area contributed by atoms with E-state index in [1.807, 2.05) is 0 Å². The Hall–Kier alpha value is -3.58. The van der Waals surface area contributed by atoms with Crippen molar-refractivity contribution in [3.8, 4) is 5.75 Å². The summed E-state index contributed by atoms with van der Waals surface area (Å²) in [6.07, 6.45) is 0.316. The van der Waals surface area contributed by atoms with Crippen LogP contribution >= 0.6 is 11.3 Å². The number of thiazole rings is 1. The molecule has 2 unspecified atom stereocenters. The molecule has 0 radical (unpaired) electrons. The van der Waals surface area contributed by atoms with Gasteiger partial charge in [0, 0.05) is 18.0 Å². The lowest BCUT2D eigenvalue weighted by Gasteiger charge is -2.39. The lowest BCUT2D eigenvalue weighted by molar-refractivity contribution is -0.274. The molecular weight excluding hydrogens is 578 g/mol. The van der Waals surface area contributed by atoms with Crippen LogP contribution in [-0.4, -0.2) is 53.9 Å². The Kier molecular flexibility index (Phi) is 6.69. The fourth-order valence-electron chi connectivity index (χ4n) is 6.37. The van der Waals surface area contributed by atoms with Gasteiger partial charge < -0.3 is 29.1 Å². The van der Waals surface area contributed by atoms with Crippen molar-refractivity contribution in [3.63, 3.8) is 0 Å². The zero-order valence-electron chi connectivity index (χ0n) is 22.3. The first kappa shape index (κ1) is 27.3. The van der Waals surface area contributed by atoms with E-state index in [0.29, 0.717) is 9.83 Å². The molecule has 0 spiro atoms. The highest BCUT2D eigenvalue weighted by molar-refractivity contribution is 7.22. The molecule has 222 valence electrons. The standard InChI is InChI=1S/C29H27F4N3O5S/c30-20-9-16(27(37)38)10-24-25(20)34-28(42-24)36-17-7-8-18(36)12-19(11-17)39-13-22-26(15-5-6-15)40-14-35(22)21-3-1-2-4-23(21)41-29(31,32)33/h1-4,9-10,15,17-19H,5-8,11-14H2,(H,37,38). The van der Waals surface area contributed by atoms with Crippen molar-refractivity contribution < 1.29 is 41.7 Å². The van der Waals surface area contributed by atoms with Gasteiger partial charge >= 0.3 is 12.3 Å². The fraction of sp³-hybridized carbons (Fsp3) is 0.448. The molecule has 2 saturated heterocycles. The van der Waals surface area contributed by atoms with Gasteiger partial charge in [0.05, 0.1) is 34.4 Å². The maximum atomic E-state index is 14.6. The van der Waals surface area contributed by atoms with Crippen LogP contribution in [0.15, 0.2) is 47.9 Å². The number of hydrogen-bond donors (Lipinski definition) is 1. The summed E-state index contributed by atoms with van der Waals surface area (Å²) < 4.78 is 71.2. The molecule has 2 bridgehead atoms. The second kappa shape index (κ2) is 10.3. The predicted octanol–water partition coefficient (Wildman–Crippen LogP) is 6.66. The Morgan fingerprint density at radius 3 is 2.55 bits per heavy atom. The Morgan fingerprint density at radius 2 is 1.86 bits per heavy atom. The van der Waals surface area contributed by atoms with Crippen LogP contribution in [0.5, 0.6) is 5.75 Å². The van der Waals surface area contributed by atoms with Crippen LogP contribution in [0.2, 0.25) is 0 Å². The van der Waals surface area contributed by atoms with Crippen molar-refractivity contribution >= 4 is 38.3 Å². The van der Waals surface area contributed by atoms with Gasteiger partial charge in [-0.25, -0.2) is 14.2 Å². The van der Waals surface area contributed by atoms with E-state index in [2.05, 4.69) is 14.6 Å². The van der Waals surface area contributed by atoms with Gasteiger partial charge in [0.1, 0.15) is 11.3 Å². The van der Waals surface area contributed by atoms with Crippen LogP contribution in [0.25, 0.3) is 10.2 Å². The largest absolute Gasteiger partial charge is 0.573 e. The lowest BCUT2D eigenvalue weighted by Crippen LogP contribution is -2.45. The third-order valence-electron chi connectivity index (χ3n) is 8.34. The number of carboxylic acid groups (broad SMARTS) is 1. The van der Waals surface area contributed by atoms with Gasteiger partial charge in [0.25, 0.3) is 0 Å². The summed E-state index contributed by atoms with van der Waals surface area (Å²) in [5.74, 6) is -1.12. The number of para-hydroxylation sites is 2. The maximum absolute atomic E-state index is 14.6. The first-order valence-electron chi connectivity index (χ1n) is 13.9. The van der Waals surface area contributed by atoms with Crippen molar-refractivity contribution in [1.29, 1.82) is 0 Å². The van der Waals surface area contributed by atoms with E-state index < -0.39 is 18.1 Å². The van der Waals surface area contributed by atoms with E-state index in [0.717, 1.165) is 56.0 Å². The van der Waals surface area contributed by atoms with Crippen LogP contribution < -0.4 is 14.5 Å². The minimum absolute atomic E-state index is 0.0828. The molecule has 0 amide bonds. The Balaban J connectivity index is 1.08. The molecule has 3 fully saturated rings. The van der Waals surface area contributed by atoms with Gasteiger partial charge in [0.2, 0.25) is 0 Å². The molecule has 2 aromatic carbocycles. The SMILES string of the molecule is O=C(O)c1cc(F)c2nc(N3C4CCC3CC(OCC3=C(C5CC5)OCN3c3ccccc3OC(F)(F)F)C4)sc2c1. The summed E-state index contributed by atoms with van der Waals surface area (Å²) in [5.41, 5.74) is 1.06. The van der Waals surface area contributed by atoms with Crippen molar-refractivity contribution in [3.05, 3.63) is 59.2 Å². The van der Waals surface area contributed by atoms with Crippen molar-refractivity contribution in [2.45, 2.75) is 63.1 Å². The van der Waals surface area contributed by atoms with E-state index in [9.17, 15) is 27.5 Å². The molecule has 1 aromatic heterocycles. The summed E-state index contributed by atoms with van der Waals surface area (Å²) in [6.45, 7) is 0.283. The van der Waals surface area contributed by atoms with Crippen LogP contribution in [0.4, 0.5) is 28.4 Å². The lowest BCUT2D eigenvalue weighted by atomic mass is 10.0. The average molecular weight is 606 g/mol. The van der Waals surface area contributed by atoms with Crippen LogP contribution in [0, 0.1) is 11.7 Å². The van der Waals surface area contributed by atoms with E-state index in [4.69, 9.17) is 9.47 Å². The molecule has 1 saturated carbocycles. The number of aromatic carboxylic acids is 1. The number of allylic oxidation sites excluding steroid dienone is 1. The Morgan fingerprint density at radius 1 is 1.12 bits per heavy atom. The minimum Gasteiger partial charge on any atom is -0.478 e. The number of ether oxygens (including phenoxy) is 3. The first-order valence-corrected chi connectivity index (χ1v) is 14.7.